The molecule has 0 unspecified atom stereocenters. The van der Waals surface area contributed by atoms with Gasteiger partial charge in [0, 0.05) is 26.6 Å². The van der Waals surface area contributed by atoms with Gasteiger partial charge in [-0.15, -0.1) is 0 Å². The van der Waals surface area contributed by atoms with Gasteiger partial charge in [0.1, 0.15) is 0 Å². The van der Waals surface area contributed by atoms with Crippen molar-refractivity contribution < 1.29 is 19.0 Å². The van der Waals surface area contributed by atoms with Crippen LogP contribution in [0.2, 0.25) is 0 Å². The number of ether oxygens (including phenoxy) is 3. The summed E-state index contributed by atoms with van der Waals surface area (Å²) in [5.41, 5.74) is 1.08. The third-order valence-electron chi connectivity index (χ3n) is 4.04. The molecule has 2 N–H and O–H groups in total. The summed E-state index contributed by atoms with van der Waals surface area (Å²) < 4.78 is 15.5. The number of methoxy groups -OCH3 is 2. The molecule has 0 aliphatic rings. The van der Waals surface area contributed by atoms with Crippen LogP contribution in [-0.2, 0) is 16.1 Å². The van der Waals surface area contributed by atoms with E-state index in [0.717, 1.165) is 43.8 Å². The van der Waals surface area contributed by atoms with Crippen molar-refractivity contribution in [2.75, 3.05) is 34.4 Å². The van der Waals surface area contributed by atoms with E-state index >= 15 is 0 Å². The smallest absolute Gasteiger partial charge is 0.305 e. The van der Waals surface area contributed by atoms with Gasteiger partial charge in [-0.2, -0.15) is 0 Å². The molecule has 0 bridgehead atoms. The van der Waals surface area contributed by atoms with Crippen molar-refractivity contribution in [1.82, 2.24) is 10.6 Å². The van der Waals surface area contributed by atoms with E-state index in [1.54, 1.807) is 21.3 Å². The molecule has 1 aromatic rings. The summed E-state index contributed by atoms with van der Waals surface area (Å²) in [6.07, 6.45) is 4.51. The second-order valence-electron chi connectivity index (χ2n) is 6.01. The second-order valence-corrected chi connectivity index (χ2v) is 6.01. The Labute approximate surface area is 162 Å². The Morgan fingerprint density at radius 3 is 2.44 bits per heavy atom. The molecule has 0 fully saturated rings. The Hall–Kier alpha value is -2.44. The van der Waals surface area contributed by atoms with Gasteiger partial charge in [-0.25, -0.2) is 0 Å². The number of esters is 1. The Bertz CT molecular complexity index is 591. The molecule has 7 heteroatoms. The minimum atomic E-state index is -0.101. The number of carbonyl (C=O) groups is 1. The van der Waals surface area contributed by atoms with E-state index in [0.29, 0.717) is 31.1 Å². The summed E-state index contributed by atoms with van der Waals surface area (Å²) in [4.78, 5) is 15.5. The first-order chi connectivity index (χ1) is 13.1. The maximum absolute atomic E-state index is 11.3. The van der Waals surface area contributed by atoms with Crippen LogP contribution in [0.25, 0.3) is 0 Å². The molecule has 0 aliphatic heterocycles. The number of aliphatic imine (C=N–C) groups is 1. The number of carbonyl (C=O) groups excluding carboxylic acids is 1. The lowest BCUT2D eigenvalue weighted by molar-refractivity contribution is -0.143. The zero-order valence-corrected chi connectivity index (χ0v) is 17.0. The third-order valence-corrected chi connectivity index (χ3v) is 4.04. The standard InChI is InChI=1S/C20H33N3O4/c1-5-27-19(24)10-8-6-7-9-13-22-20(21-2)23-15-16-11-12-17(25-3)18(14-16)26-4/h11-12,14H,5-10,13,15H2,1-4H3,(H2,21,22,23). The summed E-state index contributed by atoms with van der Waals surface area (Å²) in [7, 11) is 5.00. The predicted octanol–water partition coefficient (Wildman–Crippen LogP) is 2.88. The maximum atomic E-state index is 11.3. The number of nitrogens with zero attached hydrogens (tertiary/aromatic N) is 1. The molecule has 0 saturated heterocycles. The molecule has 0 aliphatic carbocycles. The van der Waals surface area contributed by atoms with E-state index < -0.39 is 0 Å². The van der Waals surface area contributed by atoms with E-state index in [4.69, 9.17) is 14.2 Å². The molecule has 27 heavy (non-hydrogen) atoms. The van der Waals surface area contributed by atoms with Gasteiger partial charge in [0.2, 0.25) is 0 Å². The fourth-order valence-corrected chi connectivity index (χ4v) is 2.58. The molecule has 0 heterocycles. The van der Waals surface area contributed by atoms with Crippen molar-refractivity contribution in [3.05, 3.63) is 23.8 Å². The van der Waals surface area contributed by atoms with Crippen molar-refractivity contribution in [1.29, 1.82) is 0 Å². The van der Waals surface area contributed by atoms with Gasteiger partial charge in [0.15, 0.2) is 17.5 Å². The Kier molecular flexibility index (Phi) is 11.5. The molecule has 0 amide bonds. The molecular weight excluding hydrogens is 346 g/mol. The third kappa shape index (κ3) is 9.17. The molecule has 7 nitrogen and oxygen atoms in total. The number of rotatable bonds is 12. The molecule has 0 saturated carbocycles. The fraction of sp³-hybridized carbons (Fsp3) is 0.600. The Balaban J connectivity index is 2.23. The first-order valence-corrected chi connectivity index (χ1v) is 9.45. The lowest BCUT2D eigenvalue weighted by Crippen LogP contribution is -2.37. The van der Waals surface area contributed by atoms with E-state index in [9.17, 15) is 4.79 Å². The minimum Gasteiger partial charge on any atom is -0.493 e. The average molecular weight is 380 g/mol. The molecule has 0 spiro atoms. The lowest BCUT2D eigenvalue weighted by Gasteiger charge is -2.13. The number of hydrogen-bond acceptors (Lipinski definition) is 5. The van der Waals surface area contributed by atoms with E-state index in [1.165, 1.54) is 0 Å². The van der Waals surface area contributed by atoms with E-state index in [2.05, 4.69) is 15.6 Å². The topological polar surface area (TPSA) is 81.2 Å². The minimum absolute atomic E-state index is 0.101. The first kappa shape index (κ1) is 22.6. The Morgan fingerprint density at radius 2 is 1.78 bits per heavy atom. The van der Waals surface area contributed by atoms with Crippen LogP contribution in [0.3, 0.4) is 0 Å². The van der Waals surface area contributed by atoms with Crippen LogP contribution in [-0.4, -0.2) is 46.3 Å². The van der Waals surface area contributed by atoms with Gasteiger partial charge in [-0.05, 0) is 37.5 Å². The highest BCUT2D eigenvalue weighted by Gasteiger charge is 2.05. The van der Waals surface area contributed by atoms with Gasteiger partial charge in [-0.3, -0.25) is 9.79 Å². The summed E-state index contributed by atoms with van der Waals surface area (Å²) in [5, 5.41) is 6.59. The summed E-state index contributed by atoms with van der Waals surface area (Å²) in [6, 6.07) is 5.83. The quantitative estimate of drug-likeness (QED) is 0.252. The van der Waals surface area contributed by atoms with E-state index in [-0.39, 0.29) is 5.97 Å². The molecule has 0 radical (unpaired) electrons. The van der Waals surface area contributed by atoms with E-state index in [1.807, 2.05) is 25.1 Å². The molecule has 0 atom stereocenters. The molecular formula is C20H33N3O4. The molecule has 152 valence electrons. The zero-order valence-electron chi connectivity index (χ0n) is 17.0. The van der Waals surface area contributed by atoms with Crippen LogP contribution < -0.4 is 20.1 Å². The summed E-state index contributed by atoms with van der Waals surface area (Å²) >= 11 is 0. The maximum Gasteiger partial charge on any atom is 0.305 e. The van der Waals surface area contributed by atoms with Gasteiger partial charge in [-0.1, -0.05) is 18.9 Å². The molecule has 1 aromatic carbocycles. The van der Waals surface area contributed by atoms with Crippen molar-refractivity contribution in [3.63, 3.8) is 0 Å². The number of unbranched alkanes of at least 4 members (excludes halogenated alkanes) is 3. The normalized spacial score (nSPS) is 11.0. The lowest BCUT2D eigenvalue weighted by atomic mass is 10.1. The van der Waals surface area contributed by atoms with Crippen LogP contribution in [0.5, 0.6) is 11.5 Å². The van der Waals surface area contributed by atoms with Crippen molar-refractivity contribution >= 4 is 11.9 Å². The number of guanidine groups is 1. The van der Waals surface area contributed by atoms with Crippen molar-refractivity contribution in [2.45, 2.75) is 45.6 Å². The fourth-order valence-electron chi connectivity index (χ4n) is 2.58. The Morgan fingerprint density at radius 1 is 1.04 bits per heavy atom. The summed E-state index contributed by atoms with van der Waals surface area (Å²) in [5.74, 6) is 2.08. The highest BCUT2D eigenvalue weighted by atomic mass is 16.5. The van der Waals surface area contributed by atoms with Crippen LogP contribution in [0.15, 0.2) is 23.2 Å². The molecule has 1 rings (SSSR count). The van der Waals surface area contributed by atoms with Crippen LogP contribution in [0, 0.1) is 0 Å². The average Bonchev–Trinajstić information content (AvgIpc) is 2.69. The van der Waals surface area contributed by atoms with Gasteiger partial charge in [0.05, 0.1) is 20.8 Å². The predicted molar refractivity (Wildman–Crippen MR) is 107 cm³/mol. The monoisotopic (exact) mass is 379 g/mol. The van der Waals surface area contributed by atoms with Crippen LogP contribution in [0.1, 0.15) is 44.6 Å². The summed E-state index contributed by atoms with van der Waals surface area (Å²) in [6.45, 7) is 3.76. The number of nitrogens with one attached hydrogen (secondary N) is 2. The van der Waals surface area contributed by atoms with Crippen molar-refractivity contribution in [2.24, 2.45) is 4.99 Å². The highest BCUT2D eigenvalue weighted by Crippen LogP contribution is 2.27. The van der Waals surface area contributed by atoms with Gasteiger partial charge < -0.3 is 24.8 Å². The van der Waals surface area contributed by atoms with Crippen molar-refractivity contribution in [3.8, 4) is 11.5 Å². The van der Waals surface area contributed by atoms with Gasteiger partial charge >= 0.3 is 5.97 Å². The first-order valence-electron chi connectivity index (χ1n) is 9.45. The SMILES string of the molecule is CCOC(=O)CCCCCCNC(=NC)NCc1ccc(OC)c(OC)c1. The molecule has 0 aromatic heterocycles. The number of benzene rings is 1. The second kappa shape index (κ2) is 13.7. The largest absolute Gasteiger partial charge is 0.493 e. The number of hydrogen-bond donors (Lipinski definition) is 2. The zero-order chi connectivity index (χ0) is 19.9. The highest BCUT2D eigenvalue weighted by molar-refractivity contribution is 5.79. The van der Waals surface area contributed by atoms with Crippen LogP contribution in [0.4, 0.5) is 0 Å². The van der Waals surface area contributed by atoms with Gasteiger partial charge in [0.25, 0.3) is 0 Å². The van der Waals surface area contributed by atoms with Crippen LogP contribution >= 0.6 is 0 Å².